The average molecular weight is 433 g/mol. The molecule has 0 aliphatic rings. The van der Waals surface area contributed by atoms with E-state index in [1.807, 2.05) is 76.6 Å². The van der Waals surface area contributed by atoms with Gasteiger partial charge in [0, 0.05) is 34.5 Å². The molecule has 148 valence electrons. The Morgan fingerprint density at radius 1 is 1.03 bits per heavy atom. The first-order valence-electron chi connectivity index (χ1n) is 9.53. The molecule has 5 rings (SSSR count). The van der Waals surface area contributed by atoms with Crippen molar-refractivity contribution in [1.82, 2.24) is 19.9 Å². The number of aromatic nitrogens is 3. The first-order valence-corrected chi connectivity index (χ1v) is 10.8. The third-order valence-corrected chi connectivity index (χ3v) is 6.05. The van der Waals surface area contributed by atoms with Gasteiger partial charge in [0.2, 0.25) is 4.96 Å². The van der Waals surface area contributed by atoms with Gasteiger partial charge in [-0.3, -0.25) is 4.79 Å². The zero-order valence-electron chi connectivity index (χ0n) is 15.9. The highest BCUT2D eigenvalue weighted by Crippen LogP contribution is 2.22. The van der Waals surface area contributed by atoms with Crippen molar-refractivity contribution >= 4 is 44.6 Å². The molecule has 1 N–H and O–H groups in total. The summed E-state index contributed by atoms with van der Waals surface area (Å²) in [6.07, 6.45) is 0.669. The third-order valence-electron chi connectivity index (χ3n) is 4.93. The summed E-state index contributed by atoms with van der Waals surface area (Å²) in [7, 11) is 0. The van der Waals surface area contributed by atoms with Gasteiger partial charge in [0.1, 0.15) is 0 Å². The summed E-state index contributed by atoms with van der Waals surface area (Å²) < 4.78 is 1.84. The van der Waals surface area contributed by atoms with Crippen molar-refractivity contribution in [1.29, 1.82) is 0 Å². The van der Waals surface area contributed by atoms with E-state index in [0.717, 1.165) is 27.0 Å². The summed E-state index contributed by atoms with van der Waals surface area (Å²) in [6.45, 7) is 0.521. The summed E-state index contributed by atoms with van der Waals surface area (Å²) in [5.74, 6) is 0.590. The van der Waals surface area contributed by atoms with Crippen molar-refractivity contribution in [3.8, 4) is 11.4 Å². The van der Waals surface area contributed by atoms with Crippen LogP contribution in [0.5, 0.6) is 0 Å². The number of nitrogens with zero attached hydrogens (tertiary/aromatic N) is 3. The SMILES string of the molecule is O=C(NCCc1csc2nc(-c3ccc(Cl)cc3)nn12)c1ccc2ccccc2c1. The molecule has 0 aliphatic heterocycles. The highest BCUT2D eigenvalue weighted by molar-refractivity contribution is 7.15. The molecule has 0 spiro atoms. The second kappa shape index (κ2) is 7.89. The summed E-state index contributed by atoms with van der Waals surface area (Å²) in [5, 5.41) is 12.5. The van der Waals surface area contributed by atoms with Crippen LogP contribution in [0, 0.1) is 0 Å². The van der Waals surface area contributed by atoms with Crippen LogP contribution in [0.25, 0.3) is 27.1 Å². The molecule has 2 aromatic heterocycles. The fourth-order valence-corrected chi connectivity index (χ4v) is 4.34. The second-order valence-corrected chi connectivity index (χ2v) is 8.20. The maximum Gasteiger partial charge on any atom is 0.251 e. The molecule has 2 heterocycles. The Labute approximate surface area is 182 Å². The van der Waals surface area contributed by atoms with Crippen molar-refractivity contribution in [3.63, 3.8) is 0 Å². The van der Waals surface area contributed by atoms with Crippen LogP contribution in [0.4, 0.5) is 0 Å². The summed E-state index contributed by atoms with van der Waals surface area (Å²) in [4.78, 5) is 18.0. The van der Waals surface area contributed by atoms with Gasteiger partial charge >= 0.3 is 0 Å². The number of carbonyl (C=O) groups is 1. The number of nitrogens with one attached hydrogen (secondary N) is 1. The number of halogens is 1. The number of amides is 1. The minimum Gasteiger partial charge on any atom is -0.352 e. The highest BCUT2D eigenvalue weighted by Gasteiger charge is 2.12. The lowest BCUT2D eigenvalue weighted by Gasteiger charge is -2.06. The van der Waals surface area contributed by atoms with Gasteiger partial charge < -0.3 is 5.32 Å². The number of benzene rings is 3. The predicted octanol–water partition coefficient (Wildman–Crippen LogP) is 5.24. The number of rotatable bonds is 5. The van der Waals surface area contributed by atoms with Gasteiger partial charge in [-0.2, -0.15) is 4.98 Å². The van der Waals surface area contributed by atoms with Gasteiger partial charge in [-0.1, -0.05) is 41.9 Å². The standard InChI is InChI=1S/C23H17ClN4OS/c24-19-9-7-16(8-10-19)21-26-23-28(27-21)20(14-30-23)11-12-25-22(29)18-6-5-15-3-1-2-4-17(15)13-18/h1-10,13-14H,11-12H2,(H,25,29). The van der Waals surface area contributed by atoms with E-state index in [9.17, 15) is 4.79 Å². The molecular weight excluding hydrogens is 416 g/mol. The monoisotopic (exact) mass is 432 g/mol. The number of hydrogen-bond acceptors (Lipinski definition) is 4. The van der Waals surface area contributed by atoms with Gasteiger partial charge in [-0.25, -0.2) is 4.52 Å². The van der Waals surface area contributed by atoms with Crippen LogP contribution >= 0.6 is 22.9 Å². The minimum absolute atomic E-state index is 0.0762. The Hall–Kier alpha value is -3.22. The molecular formula is C23H17ClN4OS. The molecule has 30 heavy (non-hydrogen) atoms. The van der Waals surface area contributed by atoms with Crippen molar-refractivity contribution in [2.75, 3.05) is 6.54 Å². The molecule has 0 atom stereocenters. The Morgan fingerprint density at radius 3 is 2.67 bits per heavy atom. The van der Waals surface area contributed by atoms with E-state index >= 15 is 0 Å². The van der Waals surface area contributed by atoms with Crippen molar-refractivity contribution in [2.45, 2.75) is 6.42 Å². The maximum atomic E-state index is 12.5. The van der Waals surface area contributed by atoms with E-state index in [4.69, 9.17) is 11.6 Å². The van der Waals surface area contributed by atoms with Crippen LogP contribution in [0.15, 0.2) is 72.1 Å². The topological polar surface area (TPSA) is 59.3 Å². The summed E-state index contributed by atoms with van der Waals surface area (Å²) >= 11 is 7.50. The van der Waals surface area contributed by atoms with Crippen molar-refractivity contribution < 1.29 is 4.79 Å². The molecule has 3 aromatic carbocycles. The quantitative estimate of drug-likeness (QED) is 0.413. The van der Waals surface area contributed by atoms with Crippen molar-refractivity contribution in [3.05, 3.63) is 88.4 Å². The number of fused-ring (bicyclic) bond motifs is 2. The van der Waals surface area contributed by atoms with E-state index in [1.54, 1.807) is 0 Å². The van der Waals surface area contributed by atoms with Crippen LogP contribution in [0.2, 0.25) is 5.02 Å². The smallest absolute Gasteiger partial charge is 0.251 e. The normalized spacial score (nSPS) is 11.2. The lowest BCUT2D eigenvalue weighted by molar-refractivity contribution is 0.0954. The van der Waals surface area contributed by atoms with Crippen LogP contribution in [0.3, 0.4) is 0 Å². The lowest BCUT2D eigenvalue weighted by Crippen LogP contribution is -2.26. The van der Waals surface area contributed by atoms with E-state index < -0.39 is 0 Å². The highest BCUT2D eigenvalue weighted by atomic mass is 35.5. The molecule has 1 amide bonds. The molecule has 5 aromatic rings. The van der Waals surface area contributed by atoms with Crippen LogP contribution in [0.1, 0.15) is 16.1 Å². The Kier molecular flexibility index (Phi) is 4.94. The van der Waals surface area contributed by atoms with E-state index in [0.29, 0.717) is 29.4 Å². The zero-order chi connectivity index (χ0) is 20.5. The van der Waals surface area contributed by atoms with Crippen molar-refractivity contribution in [2.24, 2.45) is 0 Å². The average Bonchev–Trinajstić information content (AvgIpc) is 3.35. The number of thiazole rings is 1. The van der Waals surface area contributed by atoms with Gasteiger partial charge in [-0.05, 0) is 47.2 Å². The molecule has 0 aliphatic carbocycles. The third kappa shape index (κ3) is 3.67. The van der Waals surface area contributed by atoms with E-state index in [2.05, 4.69) is 15.4 Å². The van der Waals surface area contributed by atoms with E-state index in [-0.39, 0.29) is 5.91 Å². The largest absolute Gasteiger partial charge is 0.352 e. The summed E-state index contributed by atoms with van der Waals surface area (Å²) in [5.41, 5.74) is 2.60. The Balaban J connectivity index is 1.27. The predicted molar refractivity (Wildman–Crippen MR) is 121 cm³/mol. The van der Waals surface area contributed by atoms with Gasteiger partial charge in [0.15, 0.2) is 5.82 Å². The minimum atomic E-state index is -0.0762. The molecule has 5 nitrogen and oxygen atoms in total. The first-order chi connectivity index (χ1) is 14.7. The molecule has 7 heteroatoms. The zero-order valence-corrected chi connectivity index (χ0v) is 17.5. The molecule has 0 unspecified atom stereocenters. The molecule has 0 saturated carbocycles. The molecule has 0 bridgehead atoms. The Morgan fingerprint density at radius 2 is 1.83 bits per heavy atom. The fraction of sp³-hybridized carbons (Fsp3) is 0.0870. The van der Waals surface area contributed by atoms with Crippen LogP contribution < -0.4 is 5.32 Å². The van der Waals surface area contributed by atoms with Crippen LogP contribution in [-0.2, 0) is 6.42 Å². The molecule has 0 saturated heterocycles. The molecule has 0 fully saturated rings. The first kappa shape index (κ1) is 18.8. The maximum absolute atomic E-state index is 12.5. The lowest BCUT2D eigenvalue weighted by atomic mass is 10.1. The second-order valence-electron chi connectivity index (χ2n) is 6.93. The van der Waals surface area contributed by atoms with Gasteiger partial charge in [0.05, 0.1) is 5.69 Å². The Bertz CT molecular complexity index is 1360. The van der Waals surface area contributed by atoms with Gasteiger partial charge in [0.25, 0.3) is 5.91 Å². The van der Waals surface area contributed by atoms with Gasteiger partial charge in [-0.15, -0.1) is 16.4 Å². The molecule has 0 radical (unpaired) electrons. The fourth-order valence-electron chi connectivity index (χ4n) is 3.35. The number of hydrogen-bond donors (Lipinski definition) is 1. The van der Waals surface area contributed by atoms with E-state index in [1.165, 1.54) is 11.3 Å². The van der Waals surface area contributed by atoms with Crippen LogP contribution in [-0.4, -0.2) is 27.0 Å². The summed E-state index contributed by atoms with van der Waals surface area (Å²) in [6, 6.07) is 21.2. The number of carbonyl (C=O) groups excluding carboxylic acids is 1.